The van der Waals surface area contributed by atoms with E-state index in [-0.39, 0.29) is 23.5 Å². The molecule has 3 heterocycles. The minimum Gasteiger partial charge on any atom is -0.334 e. The summed E-state index contributed by atoms with van der Waals surface area (Å²) in [6, 6.07) is 9.30. The van der Waals surface area contributed by atoms with Gasteiger partial charge in [0, 0.05) is 23.0 Å². The summed E-state index contributed by atoms with van der Waals surface area (Å²) in [5, 5.41) is 6.29. The zero-order valence-corrected chi connectivity index (χ0v) is 19.4. The Bertz CT molecular complexity index is 1180. The number of aryl methyl sites for hydroxylation is 1. The predicted octanol–water partition coefficient (Wildman–Crippen LogP) is 4.15. The van der Waals surface area contributed by atoms with Crippen molar-refractivity contribution in [2.75, 3.05) is 18.1 Å². The maximum Gasteiger partial charge on any atom is 0.264 e. The number of halogens is 1. The largest absolute Gasteiger partial charge is 0.334 e. The van der Waals surface area contributed by atoms with E-state index in [2.05, 4.69) is 5.10 Å². The van der Waals surface area contributed by atoms with Crippen molar-refractivity contribution in [3.8, 4) is 0 Å². The van der Waals surface area contributed by atoms with Crippen LogP contribution < -0.4 is 0 Å². The molecule has 9 heteroatoms. The molecule has 1 aromatic carbocycles. The van der Waals surface area contributed by atoms with Gasteiger partial charge in [-0.25, -0.2) is 8.42 Å². The third kappa shape index (κ3) is 4.26. The van der Waals surface area contributed by atoms with E-state index >= 15 is 0 Å². The molecule has 1 saturated heterocycles. The molecule has 160 valence electrons. The van der Waals surface area contributed by atoms with Crippen LogP contribution in [0.1, 0.15) is 40.7 Å². The normalized spacial score (nSPS) is 18.2. The van der Waals surface area contributed by atoms with Crippen LogP contribution in [-0.4, -0.2) is 53.1 Å². The SMILES string of the molecule is CCCN(C(=O)c1cc2c(C)nn(Cc3ccc(Cl)cc3)c2s1)C1CCS(=O)(=O)C1. The van der Waals surface area contributed by atoms with Crippen molar-refractivity contribution in [2.45, 2.75) is 39.3 Å². The van der Waals surface area contributed by atoms with Crippen LogP contribution in [0.2, 0.25) is 5.02 Å². The Morgan fingerprint density at radius 2 is 2.07 bits per heavy atom. The number of sulfone groups is 1. The number of amides is 1. The number of hydrogen-bond acceptors (Lipinski definition) is 5. The van der Waals surface area contributed by atoms with Gasteiger partial charge in [-0.15, -0.1) is 11.3 Å². The molecule has 1 amide bonds. The monoisotopic (exact) mass is 465 g/mol. The van der Waals surface area contributed by atoms with Crippen molar-refractivity contribution in [3.63, 3.8) is 0 Å². The highest BCUT2D eigenvalue weighted by Gasteiger charge is 2.35. The summed E-state index contributed by atoms with van der Waals surface area (Å²) in [6.45, 7) is 5.09. The molecule has 2 aromatic heterocycles. The fourth-order valence-corrected chi connectivity index (χ4v) is 6.92. The van der Waals surface area contributed by atoms with Crippen LogP contribution in [0.15, 0.2) is 30.3 Å². The van der Waals surface area contributed by atoms with E-state index in [1.54, 1.807) is 4.90 Å². The second kappa shape index (κ2) is 8.32. The molecule has 4 rings (SSSR count). The topological polar surface area (TPSA) is 72.3 Å². The minimum absolute atomic E-state index is 0.0625. The maximum absolute atomic E-state index is 13.3. The number of nitrogens with zero attached hydrogens (tertiary/aromatic N) is 3. The lowest BCUT2D eigenvalue weighted by molar-refractivity contribution is 0.0702. The zero-order valence-electron chi connectivity index (χ0n) is 17.0. The van der Waals surface area contributed by atoms with Crippen LogP contribution >= 0.6 is 22.9 Å². The Balaban J connectivity index is 1.63. The zero-order chi connectivity index (χ0) is 21.5. The van der Waals surface area contributed by atoms with E-state index in [4.69, 9.17) is 11.6 Å². The molecule has 0 radical (unpaired) electrons. The Labute approximate surface area is 185 Å². The van der Waals surface area contributed by atoms with Crippen LogP contribution in [0.4, 0.5) is 0 Å². The molecule has 0 saturated carbocycles. The number of hydrogen-bond donors (Lipinski definition) is 0. The summed E-state index contributed by atoms with van der Waals surface area (Å²) in [5.74, 6) is 0.136. The lowest BCUT2D eigenvalue weighted by atomic mass is 10.2. The van der Waals surface area contributed by atoms with Crippen LogP contribution in [0, 0.1) is 6.92 Å². The number of aromatic nitrogens is 2. The predicted molar refractivity (Wildman–Crippen MR) is 121 cm³/mol. The highest BCUT2D eigenvalue weighted by Crippen LogP contribution is 2.31. The number of carbonyl (C=O) groups is 1. The van der Waals surface area contributed by atoms with Crippen molar-refractivity contribution in [3.05, 3.63) is 51.5 Å². The third-order valence-corrected chi connectivity index (χ3v) is 8.58. The van der Waals surface area contributed by atoms with Crippen LogP contribution in [-0.2, 0) is 16.4 Å². The van der Waals surface area contributed by atoms with Crippen LogP contribution in [0.5, 0.6) is 0 Å². The van der Waals surface area contributed by atoms with Gasteiger partial charge >= 0.3 is 0 Å². The number of thiophene rings is 1. The molecule has 0 N–H and O–H groups in total. The highest BCUT2D eigenvalue weighted by atomic mass is 35.5. The molecule has 1 fully saturated rings. The second-order valence-electron chi connectivity index (χ2n) is 7.75. The molecular weight excluding hydrogens is 442 g/mol. The summed E-state index contributed by atoms with van der Waals surface area (Å²) in [5.41, 5.74) is 1.95. The van der Waals surface area contributed by atoms with Gasteiger partial charge in [0.05, 0.1) is 28.6 Å². The van der Waals surface area contributed by atoms with E-state index in [9.17, 15) is 13.2 Å². The second-order valence-corrected chi connectivity index (χ2v) is 11.5. The molecule has 3 aromatic rings. The van der Waals surface area contributed by atoms with Crippen molar-refractivity contribution in [1.29, 1.82) is 0 Å². The molecule has 0 aliphatic carbocycles. The fourth-order valence-electron chi connectivity index (χ4n) is 3.94. The number of rotatable bonds is 6. The first-order valence-corrected chi connectivity index (χ1v) is 13.0. The summed E-state index contributed by atoms with van der Waals surface area (Å²) in [4.78, 5) is 16.6. The van der Waals surface area contributed by atoms with Crippen LogP contribution in [0.3, 0.4) is 0 Å². The molecule has 6 nitrogen and oxygen atoms in total. The fraction of sp³-hybridized carbons (Fsp3) is 0.429. The summed E-state index contributed by atoms with van der Waals surface area (Å²) in [7, 11) is -3.05. The first-order chi connectivity index (χ1) is 14.3. The third-order valence-electron chi connectivity index (χ3n) is 5.44. The van der Waals surface area contributed by atoms with Gasteiger partial charge in [0.15, 0.2) is 9.84 Å². The van der Waals surface area contributed by atoms with Gasteiger partial charge in [-0.05, 0) is 43.5 Å². The molecule has 0 spiro atoms. The van der Waals surface area contributed by atoms with E-state index < -0.39 is 9.84 Å². The molecule has 0 bridgehead atoms. The first-order valence-electron chi connectivity index (χ1n) is 10.00. The molecule has 30 heavy (non-hydrogen) atoms. The number of carbonyl (C=O) groups excluding carboxylic acids is 1. The van der Waals surface area contributed by atoms with Gasteiger partial charge in [-0.2, -0.15) is 5.10 Å². The molecule has 1 aliphatic rings. The number of fused-ring (bicyclic) bond motifs is 1. The van der Waals surface area contributed by atoms with Crippen molar-refractivity contribution >= 4 is 48.9 Å². The molecule has 1 unspecified atom stereocenters. The Hall–Kier alpha value is -1.90. The minimum atomic E-state index is -3.05. The lowest BCUT2D eigenvalue weighted by Crippen LogP contribution is -2.41. The maximum atomic E-state index is 13.3. The van der Waals surface area contributed by atoms with E-state index in [0.717, 1.165) is 27.9 Å². The Morgan fingerprint density at radius 3 is 2.70 bits per heavy atom. The Kier molecular flexibility index (Phi) is 5.92. The van der Waals surface area contributed by atoms with Crippen LogP contribution in [0.25, 0.3) is 10.2 Å². The smallest absolute Gasteiger partial charge is 0.264 e. The van der Waals surface area contributed by atoms with Gasteiger partial charge in [0.25, 0.3) is 5.91 Å². The standard InChI is InChI=1S/C21H24ClN3O3S2/c1-3-9-24(17-8-10-30(27,28)13-17)20(26)19-11-18-14(2)23-25(21(18)29-19)12-15-4-6-16(22)7-5-15/h4-7,11,17H,3,8-10,12-13H2,1-2H3. The van der Waals surface area contributed by atoms with Gasteiger partial charge in [-0.3, -0.25) is 9.48 Å². The van der Waals surface area contributed by atoms with Gasteiger partial charge in [0.1, 0.15) is 4.83 Å². The molecule has 1 atom stereocenters. The highest BCUT2D eigenvalue weighted by molar-refractivity contribution is 7.91. The number of benzene rings is 1. The first kappa shape index (κ1) is 21.3. The van der Waals surface area contributed by atoms with Crippen molar-refractivity contribution < 1.29 is 13.2 Å². The Morgan fingerprint density at radius 1 is 1.33 bits per heavy atom. The van der Waals surface area contributed by atoms with E-state index in [1.807, 2.05) is 48.9 Å². The summed E-state index contributed by atoms with van der Waals surface area (Å²) in [6.07, 6.45) is 1.30. The van der Waals surface area contributed by atoms with E-state index in [1.165, 1.54) is 11.3 Å². The lowest BCUT2D eigenvalue weighted by Gasteiger charge is -2.27. The summed E-state index contributed by atoms with van der Waals surface area (Å²) >= 11 is 7.40. The van der Waals surface area contributed by atoms with Crippen molar-refractivity contribution in [1.82, 2.24) is 14.7 Å². The average Bonchev–Trinajstić information content (AvgIpc) is 3.37. The summed E-state index contributed by atoms with van der Waals surface area (Å²) < 4.78 is 25.8. The van der Waals surface area contributed by atoms with Gasteiger partial charge in [0.2, 0.25) is 0 Å². The van der Waals surface area contributed by atoms with E-state index in [0.29, 0.717) is 29.4 Å². The van der Waals surface area contributed by atoms with Gasteiger partial charge in [-0.1, -0.05) is 30.7 Å². The van der Waals surface area contributed by atoms with Crippen molar-refractivity contribution in [2.24, 2.45) is 0 Å². The molecule has 1 aliphatic heterocycles. The average molecular weight is 466 g/mol. The van der Waals surface area contributed by atoms with Gasteiger partial charge < -0.3 is 4.90 Å². The molecular formula is C21H24ClN3O3S2. The quantitative estimate of drug-likeness (QED) is 0.548.